The van der Waals surface area contributed by atoms with Gasteiger partial charge in [-0.15, -0.1) is 0 Å². The van der Waals surface area contributed by atoms with Crippen LogP contribution in [0.5, 0.6) is 0 Å². The molecule has 0 N–H and O–H groups in total. The minimum absolute atomic E-state index is 0.301. The number of rotatable bonds is 14. The number of fused-ring (bicyclic) bond motifs is 2. The molecule has 0 atom stereocenters. The molecule has 80 heavy (non-hydrogen) atoms. The predicted molar refractivity (Wildman–Crippen MR) is 320 cm³/mol. The van der Waals surface area contributed by atoms with Crippen molar-refractivity contribution in [2.75, 3.05) is 41.3 Å². The zero-order valence-electron chi connectivity index (χ0n) is 45.7. The lowest BCUT2D eigenvalue weighted by molar-refractivity contribution is 0.00578. The Hall–Kier alpha value is -6.90. The molecule has 1 saturated heterocycles. The monoisotopic (exact) mass is 1180 g/mol. The van der Waals surface area contributed by atoms with Gasteiger partial charge in [-0.3, -0.25) is 19.3 Å². The zero-order valence-corrected chi connectivity index (χ0v) is 48.8. The minimum Gasteiger partial charge on any atom is -0.399 e. The van der Waals surface area contributed by atoms with Crippen LogP contribution in [0, 0.1) is 11.6 Å². The summed E-state index contributed by atoms with van der Waals surface area (Å²) in [5, 5.41) is 11.5. The molecule has 1 fully saturated rings. The number of aryl methyl sites for hydroxylation is 2. The van der Waals surface area contributed by atoms with Crippen molar-refractivity contribution in [1.29, 1.82) is 0 Å². The molecule has 0 radical (unpaired) electrons. The van der Waals surface area contributed by atoms with Gasteiger partial charge in [-0.2, -0.15) is 10.2 Å². The molecular formula is C60H60BBrCl2F2N12O2. The lowest BCUT2D eigenvalue weighted by Gasteiger charge is -2.32. The van der Waals surface area contributed by atoms with E-state index in [4.69, 9.17) is 32.5 Å². The molecule has 0 unspecified atom stereocenters. The average molecular weight is 1180 g/mol. The average Bonchev–Trinajstić information content (AvgIpc) is 4.21. The van der Waals surface area contributed by atoms with Crippen molar-refractivity contribution in [3.8, 4) is 55.9 Å². The molecule has 0 saturated carbocycles. The van der Waals surface area contributed by atoms with E-state index < -0.39 is 5.82 Å². The van der Waals surface area contributed by atoms with E-state index in [1.54, 1.807) is 43.1 Å². The maximum atomic E-state index is 14.7. The largest absolute Gasteiger partial charge is 0.498 e. The van der Waals surface area contributed by atoms with E-state index in [2.05, 4.69) is 128 Å². The first-order valence-corrected chi connectivity index (χ1v) is 27.5. The topological polar surface area (TPSA) is 138 Å². The van der Waals surface area contributed by atoms with Crippen molar-refractivity contribution < 1.29 is 18.1 Å². The van der Waals surface area contributed by atoms with Crippen molar-refractivity contribution in [3.05, 3.63) is 173 Å². The van der Waals surface area contributed by atoms with Gasteiger partial charge in [0.05, 0.1) is 28.8 Å². The SMILES string of the molecule is CN(C)CCCn1cc(-c2cncc(-c3cc(-c4cc(Cl)ccc4F)nc4ncccc34)c2)cn1.CN(C)CCCn1cc(B2OC(C)(C)C(C)(C)O2)cn1.Fc1ccc(Cl)cc1-c1cc(-c2cncc(Br)c2)c2cccnc2n1. The third kappa shape index (κ3) is 14.0. The van der Waals surface area contributed by atoms with Crippen LogP contribution < -0.4 is 5.46 Å². The second-order valence-corrected chi connectivity index (χ2v) is 22.7. The molecular weight excluding hydrogens is 1120 g/mol. The third-order valence-electron chi connectivity index (χ3n) is 13.8. The fourth-order valence-corrected chi connectivity index (χ4v) is 9.60. The summed E-state index contributed by atoms with van der Waals surface area (Å²) >= 11 is 15.6. The normalized spacial score (nSPS) is 13.7. The van der Waals surface area contributed by atoms with Gasteiger partial charge in [0.15, 0.2) is 11.3 Å². The standard InChI is InChI=1S/C27H24ClFN6.C19H10BrClFN3.C14H26BN3O2/c1-34(2)9-4-10-35-17-20(16-32-35)18-11-19(15-30-14-18)23-13-26(24-12-21(28)6-7-25(24)29)33-27-22(23)5-3-8-31-27;20-12-6-11(9-23-10-12)15-8-18(16-7-13(21)3-4-17(16)22)25-19-14(15)2-1-5-24-19;1-13(2)14(3,4)20-15(19-13)12-10-16-18(11-12)9-7-8-17(5)6/h3,5-8,11-17H,4,9-10H2,1-2H3;1-10H;10-11H,7-9H2,1-6H3. The maximum Gasteiger partial charge on any atom is 0.498 e. The van der Waals surface area contributed by atoms with E-state index in [-0.39, 0.29) is 24.1 Å². The van der Waals surface area contributed by atoms with Crippen molar-refractivity contribution in [3.63, 3.8) is 0 Å². The second kappa shape index (κ2) is 25.3. The summed E-state index contributed by atoms with van der Waals surface area (Å²) in [4.78, 5) is 30.9. The van der Waals surface area contributed by atoms with Crippen molar-refractivity contribution in [2.45, 2.75) is 64.8 Å². The molecule has 9 heterocycles. The maximum absolute atomic E-state index is 14.7. The Morgan fingerprint density at radius 2 is 1.05 bits per heavy atom. The smallest absolute Gasteiger partial charge is 0.399 e. The van der Waals surface area contributed by atoms with E-state index in [0.29, 0.717) is 43.9 Å². The Labute approximate surface area is 483 Å². The fraction of sp³-hybridized carbons (Fsp3) is 0.267. The molecule has 0 aliphatic carbocycles. The van der Waals surface area contributed by atoms with Gasteiger partial charge in [0.2, 0.25) is 0 Å². The Morgan fingerprint density at radius 1 is 0.562 bits per heavy atom. The molecule has 0 bridgehead atoms. The third-order valence-corrected chi connectivity index (χ3v) is 14.7. The summed E-state index contributed by atoms with van der Waals surface area (Å²) in [6.07, 6.45) is 20.3. The van der Waals surface area contributed by atoms with Crippen LogP contribution in [-0.4, -0.2) is 119 Å². The molecule has 20 heteroatoms. The summed E-state index contributed by atoms with van der Waals surface area (Å²) in [6, 6.07) is 24.2. The molecule has 0 spiro atoms. The summed E-state index contributed by atoms with van der Waals surface area (Å²) in [6.45, 7) is 12.1. The van der Waals surface area contributed by atoms with Crippen LogP contribution in [0.2, 0.25) is 10.0 Å². The highest BCUT2D eigenvalue weighted by molar-refractivity contribution is 9.10. The molecule has 10 aromatic rings. The van der Waals surface area contributed by atoms with Crippen LogP contribution in [-0.2, 0) is 22.4 Å². The van der Waals surface area contributed by atoms with Crippen LogP contribution in [0.1, 0.15) is 40.5 Å². The highest BCUT2D eigenvalue weighted by Crippen LogP contribution is 2.38. The van der Waals surface area contributed by atoms with Crippen molar-refractivity contribution >= 4 is 73.8 Å². The van der Waals surface area contributed by atoms with E-state index in [9.17, 15) is 8.78 Å². The van der Waals surface area contributed by atoms with E-state index >= 15 is 0 Å². The quantitative estimate of drug-likeness (QED) is 0.0958. The van der Waals surface area contributed by atoms with Gasteiger partial charge in [0.25, 0.3) is 0 Å². The van der Waals surface area contributed by atoms with Crippen LogP contribution in [0.25, 0.3) is 78.0 Å². The van der Waals surface area contributed by atoms with Crippen LogP contribution in [0.3, 0.4) is 0 Å². The molecule has 410 valence electrons. The summed E-state index contributed by atoms with van der Waals surface area (Å²) in [5.74, 6) is -0.776. The summed E-state index contributed by atoms with van der Waals surface area (Å²) in [7, 11) is 7.98. The fourth-order valence-electron chi connectivity index (χ4n) is 8.90. The summed E-state index contributed by atoms with van der Waals surface area (Å²) < 4.78 is 45.8. The van der Waals surface area contributed by atoms with Gasteiger partial charge in [0.1, 0.15) is 11.6 Å². The Balaban J connectivity index is 0.000000152. The van der Waals surface area contributed by atoms with E-state index in [0.717, 1.165) is 93.1 Å². The number of aromatic nitrogens is 10. The number of benzene rings is 2. The molecule has 1 aliphatic rings. The van der Waals surface area contributed by atoms with Gasteiger partial charge in [-0.05, 0) is 194 Å². The number of halogens is 5. The van der Waals surface area contributed by atoms with Crippen molar-refractivity contribution in [2.24, 2.45) is 0 Å². The Bertz CT molecular complexity index is 3770. The first kappa shape index (κ1) is 57.8. The van der Waals surface area contributed by atoms with Gasteiger partial charge >= 0.3 is 7.12 Å². The van der Waals surface area contributed by atoms with Gasteiger partial charge in [0, 0.05) is 133 Å². The number of nitrogens with zero attached hydrogens (tertiary/aromatic N) is 12. The highest BCUT2D eigenvalue weighted by atomic mass is 79.9. The minimum atomic E-state index is -0.392. The van der Waals surface area contributed by atoms with Gasteiger partial charge in [-0.25, -0.2) is 28.7 Å². The second-order valence-electron chi connectivity index (χ2n) is 20.9. The molecule has 11 rings (SSSR count). The number of pyridine rings is 6. The molecule has 1 aliphatic heterocycles. The van der Waals surface area contributed by atoms with Crippen molar-refractivity contribution in [1.82, 2.24) is 59.3 Å². The predicted octanol–water partition coefficient (Wildman–Crippen LogP) is 13.0. The molecule has 2 aromatic carbocycles. The van der Waals surface area contributed by atoms with Crippen LogP contribution >= 0.6 is 39.1 Å². The van der Waals surface area contributed by atoms with E-state index in [1.165, 1.54) is 24.3 Å². The lowest BCUT2D eigenvalue weighted by atomic mass is 9.82. The van der Waals surface area contributed by atoms with Crippen LogP contribution in [0.4, 0.5) is 8.78 Å². The lowest BCUT2D eigenvalue weighted by Crippen LogP contribution is -2.41. The Kier molecular flexibility index (Phi) is 18.3. The first-order chi connectivity index (χ1) is 38.3. The molecule has 0 amide bonds. The Morgan fingerprint density at radius 3 is 1.57 bits per heavy atom. The number of hydrogen-bond acceptors (Lipinski definition) is 12. The summed E-state index contributed by atoms with van der Waals surface area (Å²) in [5.41, 5.74) is 8.51. The molecule has 14 nitrogen and oxygen atoms in total. The zero-order chi connectivity index (χ0) is 56.7. The number of hydrogen-bond donors (Lipinski definition) is 0. The molecule has 8 aromatic heterocycles. The van der Waals surface area contributed by atoms with E-state index in [1.807, 2.05) is 82.8 Å². The van der Waals surface area contributed by atoms with Gasteiger partial charge in [-0.1, -0.05) is 23.2 Å². The highest BCUT2D eigenvalue weighted by Gasteiger charge is 2.52. The van der Waals surface area contributed by atoms with Crippen LogP contribution in [0.15, 0.2) is 151 Å². The first-order valence-electron chi connectivity index (χ1n) is 26.0. The van der Waals surface area contributed by atoms with Gasteiger partial charge < -0.3 is 19.1 Å².